The lowest BCUT2D eigenvalue weighted by Crippen LogP contribution is -2.41. The van der Waals surface area contributed by atoms with Crippen LogP contribution in [0.2, 0.25) is 0 Å². The van der Waals surface area contributed by atoms with Crippen molar-refractivity contribution in [1.29, 1.82) is 0 Å². The average molecular weight is 216 g/mol. The molecule has 0 bridgehead atoms. The van der Waals surface area contributed by atoms with Crippen LogP contribution < -0.4 is 5.32 Å². The van der Waals surface area contributed by atoms with E-state index < -0.39 is 0 Å². The number of β-amino-alcohol motifs (C(OH)–C–C–N with tert-alkyl or cyclic N) is 1. The molecule has 0 aliphatic carbocycles. The zero-order chi connectivity index (χ0) is 11.1. The third-order valence-corrected chi connectivity index (χ3v) is 3.03. The summed E-state index contributed by atoms with van der Waals surface area (Å²) in [5.41, 5.74) is 0. The highest BCUT2D eigenvalue weighted by Crippen LogP contribution is 2.16. The van der Waals surface area contributed by atoms with Gasteiger partial charge in [-0.1, -0.05) is 0 Å². The van der Waals surface area contributed by atoms with Crippen molar-refractivity contribution >= 4 is 0 Å². The van der Waals surface area contributed by atoms with Crippen molar-refractivity contribution in [3.8, 4) is 0 Å². The minimum absolute atomic E-state index is 0.337. The quantitative estimate of drug-likeness (QED) is 0.652. The predicted octanol–water partition coefficient (Wildman–Crippen LogP) is -0.0749. The van der Waals surface area contributed by atoms with Crippen LogP contribution in [-0.2, 0) is 4.74 Å². The predicted molar refractivity (Wildman–Crippen MR) is 61.0 cm³/mol. The van der Waals surface area contributed by atoms with E-state index in [4.69, 9.17) is 4.74 Å². The molecule has 0 aromatic rings. The normalized spacial score (nSPS) is 21.8. The lowest BCUT2D eigenvalue weighted by Gasteiger charge is -2.32. The van der Waals surface area contributed by atoms with Crippen LogP contribution in [0, 0.1) is 5.92 Å². The molecular formula is C11H24N2O2. The third-order valence-electron chi connectivity index (χ3n) is 3.03. The average Bonchev–Trinajstić information content (AvgIpc) is 2.22. The Morgan fingerprint density at radius 2 is 2.13 bits per heavy atom. The van der Waals surface area contributed by atoms with Crippen molar-refractivity contribution in [3.05, 3.63) is 0 Å². The summed E-state index contributed by atoms with van der Waals surface area (Å²) in [6.07, 6.45) is 2.14. The summed E-state index contributed by atoms with van der Waals surface area (Å²) in [6, 6.07) is 0. The van der Waals surface area contributed by atoms with Gasteiger partial charge < -0.3 is 20.1 Å². The SMILES string of the molecule is CNCC1CCN(CC(O)COC)CC1. The molecule has 0 amide bonds. The van der Waals surface area contributed by atoms with Crippen molar-refractivity contribution < 1.29 is 9.84 Å². The summed E-state index contributed by atoms with van der Waals surface area (Å²) in [6.45, 7) is 4.52. The van der Waals surface area contributed by atoms with E-state index in [2.05, 4.69) is 10.2 Å². The molecule has 1 heterocycles. The minimum Gasteiger partial charge on any atom is -0.389 e. The van der Waals surface area contributed by atoms with E-state index in [1.807, 2.05) is 7.05 Å². The van der Waals surface area contributed by atoms with Crippen molar-refractivity contribution in [1.82, 2.24) is 10.2 Å². The molecule has 1 aliphatic heterocycles. The Hall–Kier alpha value is -0.160. The first-order valence-electron chi connectivity index (χ1n) is 5.80. The Bertz CT molecular complexity index is 159. The van der Waals surface area contributed by atoms with Crippen LogP contribution in [0.15, 0.2) is 0 Å². The van der Waals surface area contributed by atoms with Gasteiger partial charge >= 0.3 is 0 Å². The van der Waals surface area contributed by atoms with E-state index in [-0.39, 0.29) is 6.10 Å². The van der Waals surface area contributed by atoms with Crippen molar-refractivity contribution in [2.24, 2.45) is 5.92 Å². The van der Waals surface area contributed by atoms with E-state index >= 15 is 0 Å². The molecule has 1 fully saturated rings. The van der Waals surface area contributed by atoms with Crippen LogP contribution in [0.25, 0.3) is 0 Å². The summed E-state index contributed by atoms with van der Waals surface area (Å²) < 4.78 is 4.92. The molecule has 2 N–H and O–H groups in total. The van der Waals surface area contributed by atoms with Crippen LogP contribution in [0.5, 0.6) is 0 Å². The molecule has 0 saturated carbocycles. The number of rotatable bonds is 6. The van der Waals surface area contributed by atoms with Crippen molar-refractivity contribution in [2.75, 3.05) is 46.9 Å². The molecule has 1 atom stereocenters. The summed E-state index contributed by atoms with van der Waals surface area (Å²) in [4.78, 5) is 2.33. The largest absolute Gasteiger partial charge is 0.389 e. The van der Waals surface area contributed by atoms with Gasteiger partial charge in [0.25, 0.3) is 0 Å². The van der Waals surface area contributed by atoms with E-state index in [1.165, 1.54) is 12.8 Å². The molecule has 0 aromatic heterocycles. The van der Waals surface area contributed by atoms with Crippen LogP contribution in [0.1, 0.15) is 12.8 Å². The summed E-state index contributed by atoms with van der Waals surface area (Å²) in [5, 5.41) is 12.8. The monoisotopic (exact) mass is 216 g/mol. The van der Waals surface area contributed by atoms with Gasteiger partial charge in [0.05, 0.1) is 12.7 Å². The summed E-state index contributed by atoms with van der Waals surface area (Å²) >= 11 is 0. The van der Waals surface area contributed by atoms with Gasteiger partial charge in [0, 0.05) is 13.7 Å². The number of ether oxygens (including phenoxy) is 1. The minimum atomic E-state index is -0.337. The topological polar surface area (TPSA) is 44.7 Å². The lowest BCUT2D eigenvalue weighted by molar-refractivity contribution is 0.0293. The molecular weight excluding hydrogens is 192 g/mol. The van der Waals surface area contributed by atoms with Crippen LogP contribution in [0.3, 0.4) is 0 Å². The van der Waals surface area contributed by atoms with E-state index in [0.29, 0.717) is 6.61 Å². The maximum atomic E-state index is 9.59. The Balaban J connectivity index is 2.14. The van der Waals surface area contributed by atoms with E-state index in [9.17, 15) is 5.11 Å². The molecule has 0 radical (unpaired) electrons. The maximum Gasteiger partial charge on any atom is 0.0900 e. The Kier molecular flexibility index (Phi) is 6.17. The fourth-order valence-electron chi connectivity index (χ4n) is 2.20. The fourth-order valence-corrected chi connectivity index (χ4v) is 2.20. The smallest absolute Gasteiger partial charge is 0.0900 e. The van der Waals surface area contributed by atoms with Crippen LogP contribution >= 0.6 is 0 Å². The van der Waals surface area contributed by atoms with Crippen LogP contribution in [0.4, 0.5) is 0 Å². The van der Waals surface area contributed by atoms with Gasteiger partial charge in [0.15, 0.2) is 0 Å². The number of nitrogens with one attached hydrogen (secondary N) is 1. The highest BCUT2D eigenvalue weighted by atomic mass is 16.5. The molecule has 0 aromatic carbocycles. The number of piperidine rings is 1. The molecule has 90 valence electrons. The number of likely N-dealkylation sites (tertiary alicyclic amines) is 1. The second-order valence-electron chi connectivity index (χ2n) is 4.41. The summed E-state index contributed by atoms with van der Waals surface area (Å²) in [7, 11) is 3.64. The summed E-state index contributed by atoms with van der Waals surface area (Å²) in [5.74, 6) is 0.811. The standard InChI is InChI=1S/C11H24N2O2/c1-12-7-10-3-5-13(6-4-10)8-11(14)9-15-2/h10-12,14H,3-9H2,1-2H3. The molecule has 1 saturated heterocycles. The van der Waals surface area contributed by atoms with Crippen LogP contribution in [-0.4, -0.2) is 63.1 Å². The number of hydrogen-bond acceptors (Lipinski definition) is 4. The van der Waals surface area contributed by atoms with Gasteiger partial charge in [-0.3, -0.25) is 0 Å². The Labute approximate surface area is 92.6 Å². The van der Waals surface area contributed by atoms with Gasteiger partial charge in [-0.2, -0.15) is 0 Å². The Morgan fingerprint density at radius 3 is 2.67 bits per heavy atom. The van der Waals surface area contributed by atoms with Crippen molar-refractivity contribution in [3.63, 3.8) is 0 Å². The molecule has 1 rings (SSSR count). The second-order valence-corrected chi connectivity index (χ2v) is 4.41. The molecule has 0 spiro atoms. The fraction of sp³-hybridized carbons (Fsp3) is 1.00. The van der Waals surface area contributed by atoms with E-state index in [0.717, 1.165) is 32.1 Å². The molecule has 15 heavy (non-hydrogen) atoms. The zero-order valence-electron chi connectivity index (χ0n) is 9.91. The maximum absolute atomic E-state index is 9.59. The van der Waals surface area contributed by atoms with Gasteiger partial charge in [-0.15, -0.1) is 0 Å². The highest BCUT2D eigenvalue weighted by Gasteiger charge is 2.20. The Morgan fingerprint density at radius 1 is 1.47 bits per heavy atom. The number of aliphatic hydroxyl groups is 1. The first kappa shape index (κ1) is 12.9. The molecule has 1 unspecified atom stereocenters. The lowest BCUT2D eigenvalue weighted by atomic mass is 9.97. The molecule has 1 aliphatic rings. The first-order chi connectivity index (χ1) is 7.26. The number of hydrogen-bond donors (Lipinski definition) is 2. The first-order valence-corrected chi connectivity index (χ1v) is 5.80. The second kappa shape index (κ2) is 7.17. The molecule has 4 heteroatoms. The van der Waals surface area contributed by atoms with Gasteiger partial charge in [0.2, 0.25) is 0 Å². The number of methoxy groups -OCH3 is 1. The van der Waals surface area contributed by atoms with Gasteiger partial charge in [0.1, 0.15) is 0 Å². The number of nitrogens with zero attached hydrogens (tertiary/aromatic N) is 1. The van der Waals surface area contributed by atoms with Gasteiger partial charge in [-0.05, 0) is 45.4 Å². The van der Waals surface area contributed by atoms with Gasteiger partial charge in [-0.25, -0.2) is 0 Å². The third kappa shape index (κ3) is 4.93. The molecule has 4 nitrogen and oxygen atoms in total. The van der Waals surface area contributed by atoms with Crippen molar-refractivity contribution in [2.45, 2.75) is 18.9 Å². The number of aliphatic hydroxyl groups excluding tert-OH is 1. The van der Waals surface area contributed by atoms with E-state index in [1.54, 1.807) is 7.11 Å². The zero-order valence-corrected chi connectivity index (χ0v) is 9.91. The highest BCUT2D eigenvalue weighted by molar-refractivity contribution is 4.75.